The van der Waals surface area contributed by atoms with E-state index in [1.165, 1.54) is 0 Å². The molecule has 0 unspecified atom stereocenters. The zero-order valence-electron chi connectivity index (χ0n) is 14.9. The van der Waals surface area contributed by atoms with E-state index < -0.39 is 6.10 Å². The number of fused-ring (bicyclic) bond motifs is 1. The van der Waals surface area contributed by atoms with Gasteiger partial charge in [-0.25, -0.2) is 0 Å². The van der Waals surface area contributed by atoms with E-state index in [1.807, 2.05) is 31.2 Å². The Balaban J connectivity index is 1.53. The number of nitrogens with zero attached hydrogens (tertiary/aromatic N) is 3. The number of rotatable bonds is 7. The van der Waals surface area contributed by atoms with Gasteiger partial charge in [0.25, 0.3) is 0 Å². The summed E-state index contributed by atoms with van der Waals surface area (Å²) in [6.45, 7) is 4.93. The van der Waals surface area contributed by atoms with E-state index in [0.29, 0.717) is 6.61 Å². The van der Waals surface area contributed by atoms with Crippen LogP contribution >= 0.6 is 0 Å². The van der Waals surface area contributed by atoms with Gasteiger partial charge in [0.1, 0.15) is 17.7 Å². The van der Waals surface area contributed by atoms with Gasteiger partial charge in [0.15, 0.2) is 5.82 Å². The van der Waals surface area contributed by atoms with E-state index in [4.69, 9.17) is 9.47 Å². The summed E-state index contributed by atoms with van der Waals surface area (Å²) in [5.41, 5.74) is 0.960. The van der Waals surface area contributed by atoms with Crippen LogP contribution < -0.4 is 10.1 Å². The maximum absolute atomic E-state index is 12.4. The van der Waals surface area contributed by atoms with Crippen LogP contribution in [-0.4, -0.2) is 33.9 Å². The molecule has 0 spiro atoms. The summed E-state index contributed by atoms with van der Waals surface area (Å²) in [5, 5.41) is 11.3. The van der Waals surface area contributed by atoms with E-state index in [-0.39, 0.29) is 11.9 Å². The lowest BCUT2D eigenvalue weighted by molar-refractivity contribution is -0.133. The van der Waals surface area contributed by atoms with Gasteiger partial charge < -0.3 is 19.4 Å². The molecule has 0 radical (unpaired) electrons. The number of amides is 1. The van der Waals surface area contributed by atoms with E-state index >= 15 is 0 Å². The molecular weight excluding hydrogens is 320 g/mol. The van der Waals surface area contributed by atoms with Crippen molar-refractivity contribution in [3.63, 3.8) is 0 Å². The Morgan fingerprint density at radius 1 is 1.36 bits per heavy atom. The van der Waals surface area contributed by atoms with Gasteiger partial charge in [0.05, 0.1) is 19.8 Å². The average Bonchev–Trinajstić information content (AvgIpc) is 3.23. The predicted molar refractivity (Wildman–Crippen MR) is 92.1 cm³/mol. The molecule has 1 amide bonds. The molecule has 25 heavy (non-hydrogen) atoms. The molecule has 1 N–H and O–H groups in total. The lowest BCUT2D eigenvalue weighted by Gasteiger charge is -2.18. The van der Waals surface area contributed by atoms with Gasteiger partial charge in [-0.2, -0.15) is 0 Å². The van der Waals surface area contributed by atoms with Crippen molar-refractivity contribution in [2.24, 2.45) is 0 Å². The van der Waals surface area contributed by atoms with Crippen LogP contribution in [0.25, 0.3) is 0 Å². The van der Waals surface area contributed by atoms with Gasteiger partial charge >= 0.3 is 0 Å². The first-order valence-corrected chi connectivity index (χ1v) is 8.55. The summed E-state index contributed by atoms with van der Waals surface area (Å²) in [5.74, 6) is 2.41. The normalized spacial score (nSPS) is 15.5. The third-order valence-corrected chi connectivity index (χ3v) is 4.39. The second kappa shape index (κ2) is 7.65. The number of benzene rings is 1. The molecular formula is C18H24N4O3. The number of aryl methyl sites for hydroxylation is 1. The molecule has 1 aliphatic rings. The monoisotopic (exact) mass is 344 g/mol. The highest BCUT2D eigenvalue weighted by atomic mass is 16.5. The van der Waals surface area contributed by atoms with Crippen LogP contribution in [0.2, 0.25) is 0 Å². The molecule has 7 heteroatoms. The molecule has 0 saturated carbocycles. The van der Waals surface area contributed by atoms with Gasteiger partial charge in [-0.05, 0) is 38.0 Å². The van der Waals surface area contributed by atoms with Crippen molar-refractivity contribution in [1.29, 1.82) is 0 Å². The Bertz CT molecular complexity index is 744. The summed E-state index contributed by atoms with van der Waals surface area (Å²) < 4.78 is 13.0. The van der Waals surface area contributed by atoms with Crippen LogP contribution in [0.15, 0.2) is 24.3 Å². The third-order valence-electron chi connectivity index (χ3n) is 4.39. The molecule has 1 aliphatic heterocycles. The number of aromatic nitrogens is 3. The van der Waals surface area contributed by atoms with Crippen molar-refractivity contribution < 1.29 is 14.3 Å². The van der Waals surface area contributed by atoms with Crippen LogP contribution in [0.4, 0.5) is 0 Å². The van der Waals surface area contributed by atoms with Gasteiger partial charge in [-0.3, -0.25) is 4.79 Å². The summed E-state index contributed by atoms with van der Waals surface area (Å²) in [6, 6.07) is 7.41. The molecule has 134 valence electrons. The maximum atomic E-state index is 12.4. The van der Waals surface area contributed by atoms with Gasteiger partial charge in [0.2, 0.25) is 5.91 Å². The lowest BCUT2D eigenvalue weighted by atomic mass is 10.2. The molecule has 2 atom stereocenters. The Labute approximate surface area is 147 Å². The summed E-state index contributed by atoms with van der Waals surface area (Å²) >= 11 is 0. The van der Waals surface area contributed by atoms with Gasteiger partial charge in [-0.15, -0.1) is 10.2 Å². The number of hydrogen-bond acceptors (Lipinski definition) is 5. The molecule has 1 aromatic carbocycles. The zero-order chi connectivity index (χ0) is 17.8. The van der Waals surface area contributed by atoms with Crippen molar-refractivity contribution in [1.82, 2.24) is 20.1 Å². The quantitative estimate of drug-likeness (QED) is 0.831. The van der Waals surface area contributed by atoms with Crippen LogP contribution in [0.5, 0.6) is 5.75 Å². The lowest BCUT2D eigenvalue weighted by Crippen LogP contribution is -2.37. The number of carbonyl (C=O) groups excluding carboxylic acids is 1. The van der Waals surface area contributed by atoms with Crippen LogP contribution in [0.3, 0.4) is 0 Å². The number of carbonyl (C=O) groups is 1. The number of ether oxygens (including phenoxy) is 2. The van der Waals surface area contributed by atoms with E-state index in [9.17, 15) is 4.79 Å². The minimum absolute atomic E-state index is 0.161. The fourth-order valence-electron chi connectivity index (χ4n) is 2.95. The van der Waals surface area contributed by atoms with Crippen molar-refractivity contribution in [3.05, 3.63) is 41.5 Å². The minimum Gasteiger partial charge on any atom is -0.497 e. The molecule has 0 saturated heterocycles. The standard InChI is InChI=1S/C18H24N4O3/c1-12(17-21-20-16-8-5-9-22(16)17)19-18(23)13(2)25-11-14-6-4-7-15(10-14)24-3/h4,6-7,10,12-13H,5,8-9,11H2,1-3H3,(H,19,23)/t12-,13-/m0/s1. The fourth-order valence-corrected chi connectivity index (χ4v) is 2.95. The van der Waals surface area contributed by atoms with Gasteiger partial charge in [-0.1, -0.05) is 12.1 Å². The molecule has 0 fully saturated rings. The number of nitrogens with one attached hydrogen (secondary N) is 1. The highest BCUT2D eigenvalue weighted by Crippen LogP contribution is 2.19. The number of hydrogen-bond donors (Lipinski definition) is 1. The molecule has 3 rings (SSSR count). The van der Waals surface area contributed by atoms with Crippen LogP contribution in [-0.2, 0) is 29.1 Å². The van der Waals surface area contributed by atoms with E-state index in [2.05, 4.69) is 20.1 Å². The third kappa shape index (κ3) is 3.99. The summed E-state index contributed by atoms with van der Waals surface area (Å²) in [7, 11) is 1.62. The first-order chi connectivity index (χ1) is 12.1. The Morgan fingerprint density at radius 2 is 2.20 bits per heavy atom. The molecule has 0 bridgehead atoms. The smallest absolute Gasteiger partial charge is 0.249 e. The van der Waals surface area contributed by atoms with E-state index in [1.54, 1.807) is 14.0 Å². The highest BCUT2D eigenvalue weighted by Gasteiger charge is 2.24. The molecule has 1 aromatic heterocycles. The predicted octanol–water partition coefficient (Wildman–Crippen LogP) is 2.02. The maximum Gasteiger partial charge on any atom is 0.249 e. The average molecular weight is 344 g/mol. The van der Waals surface area contributed by atoms with Crippen molar-refractivity contribution in [2.75, 3.05) is 7.11 Å². The molecule has 2 aromatic rings. The van der Waals surface area contributed by atoms with Crippen molar-refractivity contribution >= 4 is 5.91 Å². The fraction of sp³-hybridized carbons (Fsp3) is 0.500. The minimum atomic E-state index is -0.561. The largest absolute Gasteiger partial charge is 0.497 e. The Morgan fingerprint density at radius 3 is 3.00 bits per heavy atom. The summed E-state index contributed by atoms with van der Waals surface area (Å²) in [4.78, 5) is 12.4. The van der Waals surface area contributed by atoms with E-state index in [0.717, 1.165) is 42.3 Å². The first kappa shape index (κ1) is 17.4. The van der Waals surface area contributed by atoms with Gasteiger partial charge in [0, 0.05) is 13.0 Å². The number of methoxy groups -OCH3 is 1. The molecule has 7 nitrogen and oxygen atoms in total. The zero-order valence-corrected chi connectivity index (χ0v) is 14.9. The summed E-state index contributed by atoms with van der Waals surface area (Å²) in [6.07, 6.45) is 1.47. The van der Waals surface area contributed by atoms with Crippen molar-refractivity contribution in [2.45, 2.75) is 52.0 Å². The van der Waals surface area contributed by atoms with Crippen LogP contribution in [0, 0.1) is 0 Å². The highest BCUT2D eigenvalue weighted by molar-refractivity contribution is 5.80. The topological polar surface area (TPSA) is 78.3 Å². The molecule has 0 aliphatic carbocycles. The second-order valence-corrected chi connectivity index (χ2v) is 6.26. The SMILES string of the molecule is COc1cccc(CO[C@@H](C)C(=O)N[C@@H](C)c2nnc3n2CCC3)c1. The van der Waals surface area contributed by atoms with Crippen molar-refractivity contribution in [3.8, 4) is 5.75 Å². The second-order valence-electron chi connectivity index (χ2n) is 6.26. The Hall–Kier alpha value is -2.41. The molecule has 2 heterocycles. The first-order valence-electron chi connectivity index (χ1n) is 8.55. The Kier molecular flexibility index (Phi) is 5.33. The van der Waals surface area contributed by atoms with Crippen LogP contribution in [0.1, 0.15) is 43.5 Å².